The molecule has 0 amide bonds. The molecule has 0 fully saturated rings. The second kappa shape index (κ2) is 6.20. The Kier molecular flexibility index (Phi) is 5.20. The summed E-state index contributed by atoms with van der Waals surface area (Å²) in [4.78, 5) is 0. The van der Waals surface area contributed by atoms with Crippen LogP contribution < -0.4 is 5.32 Å². The van der Waals surface area contributed by atoms with Gasteiger partial charge in [-0.15, -0.1) is 0 Å². The summed E-state index contributed by atoms with van der Waals surface area (Å²) in [7, 11) is 0. The van der Waals surface area contributed by atoms with Gasteiger partial charge in [-0.05, 0) is 31.6 Å². The van der Waals surface area contributed by atoms with Crippen LogP contribution in [-0.2, 0) is 0 Å². The fourth-order valence-electron chi connectivity index (χ4n) is 1.97. The van der Waals surface area contributed by atoms with Crippen LogP contribution in [0.2, 0.25) is 0 Å². The Morgan fingerprint density at radius 3 is 2.79 bits per heavy atom. The number of hydrogen-bond acceptors (Lipinski definition) is 2. The normalized spacial score (nSPS) is 24.1. The van der Waals surface area contributed by atoms with Crippen molar-refractivity contribution in [2.24, 2.45) is 5.92 Å². The molecule has 0 saturated carbocycles. The Bertz CT molecular complexity index is 177. The Labute approximate surface area is 87.4 Å². The van der Waals surface area contributed by atoms with Crippen LogP contribution in [0.25, 0.3) is 0 Å². The molecule has 0 bridgehead atoms. The molecule has 14 heavy (non-hydrogen) atoms. The van der Waals surface area contributed by atoms with Crippen molar-refractivity contribution >= 4 is 0 Å². The lowest BCUT2D eigenvalue weighted by atomic mass is 9.97. The SMILES string of the molecule is CC(C)C(CCO)NC1C=CCCC1. The molecule has 2 N–H and O–H groups in total. The van der Waals surface area contributed by atoms with Crippen LogP contribution >= 0.6 is 0 Å². The Balaban J connectivity index is 2.37. The summed E-state index contributed by atoms with van der Waals surface area (Å²) >= 11 is 0. The lowest BCUT2D eigenvalue weighted by Crippen LogP contribution is -2.41. The molecule has 2 unspecified atom stereocenters. The Morgan fingerprint density at radius 1 is 1.50 bits per heavy atom. The monoisotopic (exact) mass is 197 g/mol. The zero-order chi connectivity index (χ0) is 10.4. The van der Waals surface area contributed by atoms with Gasteiger partial charge in [0, 0.05) is 18.7 Å². The first kappa shape index (κ1) is 11.7. The van der Waals surface area contributed by atoms with Crippen LogP contribution in [0.15, 0.2) is 12.2 Å². The molecule has 0 aromatic heterocycles. The average molecular weight is 197 g/mol. The van der Waals surface area contributed by atoms with Crippen molar-refractivity contribution in [3.05, 3.63) is 12.2 Å². The largest absolute Gasteiger partial charge is 0.396 e. The summed E-state index contributed by atoms with van der Waals surface area (Å²) in [6.07, 6.45) is 9.16. The highest BCUT2D eigenvalue weighted by molar-refractivity contribution is 4.98. The molecule has 2 atom stereocenters. The van der Waals surface area contributed by atoms with E-state index in [0.717, 1.165) is 6.42 Å². The molecular weight excluding hydrogens is 174 g/mol. The minimum atomic E-state index is 0.284. The van der Waals surface area contributed by atoms with E-state index in [1.165, 1.54) is 19.3 Å². The van der Waals surface area contributed by atoms with Crippen LogP contribution in [0, 0.1) is 5.92 Å². The number of aliphatic hydroxyl groups excluding tert-OH is 1. The molecule has 2 nitrogen and oxygen atoms in total. The quantitative estimate of drug-likeness (QED) is 0.661. The highest BCUT2D eigenvalue weighted by atomic mass is 16.3. The summed E-state index contributed by atoms with van der Waals surface area (Å²) in [6.45, 7) is 4.70. The maximum Gasteiger partial charge on any atom is 0.0445 e. The maximum absolute atomic E-state index is 8.96. The molecule has 2 heteroatoms. The van der Waals surface area contributed by atoms with Crippen LogP contribution in [-0.4, -0.2) is 23.8 Å². The van der Waals surface area contributed by atoms with Gasteiger partial charge in [0.1, 0.15) is 0 Å². The molecule has 82 valence electrons. The van der Waals surface area contributed by atoms with E-state index in [-0.39, 0.29) is 6.61 Å². The topological polar surface area (TPSA) is 32.3 Å². The second-order valence-corrected chi connectivity index (χ2v) is 4.50. The Morgan fingerprint density at radius 2 is 2.29 bits per heavy atom. The van der Waals surface area contributed by atoms with Gasteiger partial charge < -0.3 is 10.4 Å². The van der Waals surface area contributed by atoms with Crippen molar-refractivity contribution in [2.45, 2.75) is 51.6 Å². The first-order chi connectivity index (χ1) is 6.74. The van der Waals surface area contributed by atoms with E-state index in [1.54, 1.807) is 0 Å². The molecule has 1 aliphatic rings. The van der Waals surface area contributed by atoms with E-state index < -0.39 is 0 Å². The number of allylic oxidation sites excluding steroid dienone is 1. The van der Waals surface area contributed by atoms with Gasteiger partial charge in [0.25, 0.3) is 0 Å². The molecule has 0 radical (unpaired) electrons. The zero-order valence-electron chi connectivity index (χ0n) is 9.37. The minimum absolute atomic E-state index is 0.284. The first-order valence-corrected chi connectivity index (χ1v) is 5.77. The van der Waals surface area contributed by atoms with E-state index in [1.807, 2.05) is 0 Å². The molecule has 0 heterocycles. The fraction of sp³-hybridized carbons (Fsp3) is 0.833. The summed E-state index contributed by atoms with van der Waals surface area (Å²) in [5, 5.41) is 12.6. The number of aliphatic hydroxyl groups is 1. The first-order valence-electron chi connectivity index (χ1n) is 5.77. The summed E-state index contributed by atoms with van der Waals surface area (Å²) in [5.74, 6) is 0.595. The Hall–Kier alpha value is -0.340. The van der Waals surface area contributed by atoms with E-state index >= 15 is 0 Å². The average Bonchev–Trinajstić information content (AvgIpc) is 2.18. The third kappa shape index (κ3) is 3.81. The molecule has 0 aromatic rings. The highest BCUT2D eigenvalue weighted by Crippen LogP contribution is 2.14. The van der Waals surface area contributed by atoms with Crippen LogP contribution in [0.1, 0.15) is 39.5 Å². The molecular formula is C12H23NO. The van der Waals surface area contributed by atoms with Gasteiger partial charge in [-0.1, -0.05) is 26.0 Å². The second-order valence-electron chi connectivity index (χ2n) is 4.50. The van der Waals surface area contributed by atoms with E-state index in [0.29, 0.717) is 18.0 Å². The molecule has 1 aliphatic carbocycles. The zero-order valence-corrected chi connectivity index (χ0v) is 9.37. The lowest BCUT2D eigenvalue weighted by molar-refractivity contribution is 0.237. The number of rotatable bonds is 5. The fourth-order valence-corrected chi connectivity index (χ4v) is 1.97. The molecule has 0 spiro atoms. The maximum atomic E-state index is 8.96. The standard InChI is InChI=1S/C12H23NO/c1-10(2)12(8-9-14)13-11-6-4-3-5-7-11/h4,6,10-14H,3,5,7-9H2,1-2H3. The summed E-state index contributed by atoms with van der Waals surface area (Å²) in [5.41, 5.74) is 0. The van der Waals surface area contributed by atoms with Gasteiger partial charge in [0.15, 0.2) is 0 Å². The molecule has 0 saturated heterocycles. The smallest absolute Gasteiger partial charge is 0.0445 e. The molecule has 1 rings (SSSR count). The van der Waals surface area contributed by atoms with Crippen molar-refractivity contribution < 1.29 is 5.11 Å². The van der Waals surface area contributed by atoms with Crippen molar-refractivity contribution in [3.63, 3.8) is 0 Å². The van der Waals surface area contributed by atoms with Crippen molar-refractivity contribution in [1.82, 2.24) is 5.32 Å². The predicted octanol–water partition coefficient (Wildman–Crippen LogP) is 2.09. The third-order valence-electron chi connectivity index (χ3n) is 2.93. The summed E-state index contributed by atoms with van der Waals surface area (Å²) < 4.78 is 0. The van der Waals surface area contributed by atoms with Crippen LogP contribution in [0.3, 0.4) is 0 Å². The van der Waals surface area contributed by atoms with E-state index in [2.05, 4.69) is 31.3 Å². The third-order valence-corrected chi connectivity index (χ3v) is 2.93. The predicted molar refractivity (Wildman–Crippen MR) is 60.2 cm³/mol. The number of hydrogen-bond donors (Lipinski definition) is 2. The highest BCUT2D eigenvalue weighted by Gasteiger charge is 2.16. The molecule has 0 aliphatic heterocycles. The van der Waals surface area contributed by atoms with Crippen molar-refractivity contribution in [2.75, 3.05) is 6.61 Å². The van der Waals surface area contributed by atoms with Crippen LogP contribution in [0.4, 0.5) is 0 Å². The van der Waals surface area contributed by atoms with Gasteiger partial charge in [0.05, 0.1) is 0 Å². The van der Waals surface area contributed by atoms with Gasteiger partial charge >= 0.3 is 0 Å². The van der Waals surface area contributed by atoms with Gasteiger partial charge in [-0.2, -0.15) is 0 Å². The van der Waals surface area contributed by atoms with Crippen molar-refractivity contribution in [1.29, 1.82) is 0 Å². The van der Waals surface area contributed by atoms with Crippen molar-refractivity contribution in [3.8, 4) is 0 Å². The van der Waals surface area contributed by atoms with E-state index in [4.69, 9.17) is 5.11 Å². The van der Waals surface area contributed by atoms with Gasteiger partial charge in [0.2, 0.25) is 0 Å². The summed E-state index contributed by atoms with van der Waals surface area (Å²) in [6, 6.07) is 0.982. The van der Waals surface area contributed by atoms with Crippen LogP contribution in [0.5, 0.6) is 0 Å². The lowest BCUT2D eigenvalue weighted by Gasteiger charge is -2.27. The van der Waals surface area contributed by atoms with Gasteiger partial charge in [-0.3, -0.25) is 0 Å². The minimum Gasteiger partial charge on any atom is -0.396 e. The number of nitrogens with one attached hydrogen (secondary N) is 1. The van der Waals surface area contributed by atoms with Gasteiger partial charge in [-0.25, -0.2) is 0 Å². The van der Waals surface area contributed by atoms with E-state index in [9.17, 15) is 0 Å². The molecule has 0 aromatic carbocycles.